The van der Waals surface area contributed by atoms with Crippen molar-refractivity contribution in [3.63, 3.8) is 0 Å². The van der Waals surface area contributed by atoms with Gasteiger partial charge in [0.25, 0.3) is 0 Å². The summed E-state index contributed by atoms with van der Waals surface area (Å²) in [6.45, 7) is 2.84. The first kappa shape index (κ1) is 19.6. The average Bonchev–Trinajstić information content (AvgIpc) is 3.09. The van der Waals surface area contributed by atoms with E-state index in [1.807, 2.05) is 38.4 Å². The van der Waals surface area contributed by atoms with Crippen LogP contribution in [0.1, 0.15) is 31.2 Å². The Kier molecular flexibility index (Phi) is 5.54. The van der Waals surface area contributed by atoms with Gasteiger partial charge in [-0.2, -0.15) is 0 Å². The number of hydrogen-bond donors (Lipinski definition) is 1. The van der Waals surface area contributed by atoms with Crippen LogP contribution in [-0.4, -0.2) is 53.6 Å². The summed E-state index contributed by atoms with van der Waals surface area (Å²) in [5.41, 5.74) is 1.49. The fourth-order valence-electron chi connectivity index (χ4n) is 4.73. The molecule has 1 aliphatic carbocycles. The van der Waals surface area contributed by atoms with Crippen LogP contribution in [0.3, 0.4) is 0 Å². The molecule has 2 aromatic rings. The van der Waals surface area contributed by atoms with Crippen LogP contribution < -0.4 is 0 Å². The van der Waals surface area contributed by atoms with Crippen LogP contribution in [0.15, 0.2) is 30.5 Å². The lowest BCUT2D eigenvalue weighted by Crippen LogP contribution is -2.54. The maximum absolute atomic E-state index is 13.4. The number of aliphatic hydroxyl groups is 1. The SMILES string of the molecule is CCCC1CC2C(=O)C(c3nc4ccccc4s3)=COC2C(CN(C)C)C1O. The van der Waals surface area contributed by atoms with Crippen LogP contribution in [0.5, 0.6) is 0 Å². The van der Waals surface area contributed by atoms with E-state index in [-0.39, 0.29) is 29.6 Å². The number of nitrogens with zero attached hydrogens (tertiary/aromatic N) is 2. The van der Waals surface area contributed by atoms with Crippen molar-refractivity contribution in [3.05, 3.63) is 35.5 Å². The van der Waals surface area contributed by atoms with Gasteiger partial charge < -0.3 is 14.7 Å². The highest BCUT2D eigenvalue weighted by Gasteiger charge is 2.50. The van der Waals surface area contributed by atoms with Gasteiger partial charge in [0.15, 0.2) is 5.78 Å². The Labute approximate surface area is 170 Å². The Morgan fingerprint density at radius 2 is 2.11 bits per heavy atom. The number of thiazole rings is 1. The molecule has 4 rings (SSSR count). The molecule has 5 atom stereocenters. The minimum absolute atomic E-state index is 0.0672. The smallest absolute Gasteiger partial charge is 0.175 e. The molecule has 5 unspecified atom stereocenters. The van der Waals surface area contributed by atoms with Crippen molar-refractivity contribution in [2.24, 2.45) is 17.8 Å². The third kappa shape index (κ3) is 3.49. The van der Waals surface area contributed by atoms with Gasteiger partial charge >= 0.3 is 0 Å². The second-order valence-corrected chi connectivity index (χ2v) is 9.32. The van der Waals surface area contributed by atoms with Crippen LogP contribution in [0.2, 0.25) is 0 Å². The number of fused-ring (bicyclic) bond motifs is 2. The number of Topliss-reactive ketones (excluding diaryl/α,β-unsaturated/α-hetero) is 1. The van der Waals surface area contributed by atoms with E-state index in [1.54, 1.807) is 6.26 Å². The van der Waals surface area contributed by atoms with Gasteiger partial charge in [0, 0.05) is 12.5 Å². The summed E-state index contributed by atoms with van der Waals surface area (Å²) in [6, 6.07) is 7.93. The predicted octanol–water partition coefficient (Wildman–Crippen LogP) is 3.58. The van der Waals surface area contributed by atoms with Crippen LogP contribution in [0.4, 0.5) is 0 Å². The van der Waals surface area contributed by atoms with Gasteiger partial charge in [-0.1, -0.05) is 25.5 Å². The lowest BCUT2D eigenvalue weighted by atomic mass is 9.67. The van der Waals surface area contributed by atoms with Crippen molar-refractivity contribution < 1.29 is 14.6 Å². The van der Waals surface area contributed by atoms with Crippen molar-refractivity contribution in [2.45, 2.75) is 38.4 Å². The van der Waals surface area contributed by atoms with E-state index < -0.39 is 6.10 Å². The fraction of sp³-hybridized carbons (Fsp3) is 0.545. The van der Waals surface area contributed by atoms with Gasteiger partial charge in [-0.05, 0) is 45.0 Å². The number of rotatable bonds is 5. The topological polar surface area (TPSA) is 62.7 Å². The molecule has 0 spiro atoms. The second-order valence-electron chi connectivity index (χ2n) is 8.29. The number of allylic oxidation sites excluding steroid dienone is 1. The summed E-state index contributed by atoms with van der Waals surface area (Å²) in [7, 11) is 4.00. The van der Waals surface area contributed by atoms with Gasteiger partial charge in [-0.15, -0.1) is 11.3 Å². The summed E-state index contributed by atoms with van der Waals surface area (Å²) >= 11 is 1.53. The zero-order valence-electron chi connectivity index (χ0n) is 16.7. The van der Waals surface area contributed by atoms with Gasteiger partial charge in [0.05, 0.1) is 34.1 Å². The molecular formula is C22H28N2O3S. The van der Waals surface area contributed by atoms with Crippen LogP contribution in [0.25, 0.3) is 15.8 Å². The van der Waals surface area contributed by atoms with Crippen LogP contribution in [0, 0.1) is 17.8 Å². The Morgan fingerprint density at radius 1 is 1.32 bits per heavy atom. The molecule has 28 heavy (non-hydrogen) atoms. The summed E-state index contributed by atoms with van der Waals surface area (Å²) in [6.07, 6.45) is 3.51. The first-order valence-corrected chi connectivity index (χ1v) is 10.9. The van der Waals surface area contributed by atoms with Gasteiger partial charge in [-0.3, -0.25) is 4.79 Å². The molecule has 1 N–H and O–H groups in total. The molecule has 0 bridgehead atoms. The molecule has 6 heteroatoms. The van der Waals surface area contributed by atoms with E-state index in [0.29, 0.717) is 18.5 Å². The highest BCUT2D eigenvalue weighted by Crippen LogP contribution is 2.44. The average molecular weight is 401 g/mol. The minimum Gasteiger partial charge on any atom is -0.496 e. The van der Waals surface area contributed by atoms with Crippen LogP contribution >= 0.6 is 11.3 Å². The summed E-state index contributed by atoms with van der Waals surface area (Å²) < 4.78 is 7.19. The highest BCUT2D eigenvalue weighted by atomic mass is 32.1. The van der Waals surface area contributed by atoms with Crippen molar-refractivity contribution in [2.75, 3.05) is 20.6 Å². The molecule has 0 radical (unpaired) electrons. The van der Waals surface area contributed by atoms with E-state index in [4.69, 9.17) is 4.74 Å². The maximum Gasteiger partial charge on any atom is 0.175 e. The number of ketones is 1. The number of ether oxygens (including phenoxy) is 1. The van der Waals surface area contributed by atoms with E-state index in [1.165, 1.54) is 11.3 Å². The van der Waals surface area contributed by atoms with Gasteiger partial charge in [-0.25, -0.2) is 4.98 Å². The molecule has 1 aromatic heterocycles. The number of para-hydroxylation sites is 1. The number of carbonyl (C=O) groups is 1. The zero-order chi connectivity index (χ0) is 19.8. The first-order chi connectivity index (χ1) is 13.5. The molecule has 0 saturated heterocycles. The molecule has 2 aliphatic rings. The van der Waals surface area contributed by atoms with Gasteiger partial charge in [0.1, 0.15) is 11.1 Å². The standard InChI is InChI=1S/C22H28N2O3S/c1-4-7-13-10-14-20(26)16(22-23-17-8-5-6-9-18(17)28-22)12-27-21(14)15(19(13)25)11-24(2)3/h5-6,8-9,12-15,19,21,25H,4,7,10-11H2,1-3H3. The molecule has 1 aliphatic heterocycles. The highest BCUT2D eigenvalue weighted by molar-refractivity contribution is 7.19. The van der Waals surface area contributed by atoms with Gasteiger partial charge in [0.2, 0.25) is 0 Å². The molecule has 2 heterocycles. The third-order valence-corrected chi connectivity index (χ3v) is 7.07. The quantitative estimate of drug-likeness (QED) is 0.831. The fourth-order valence-corrected chi connectivity index (χ4v) is 5.71. The number of carbonyl (C=O) groups excluding carboxylic acids is 1. The van der Waals surface area contributed by atoms with E-state index in [2.05, 4.69) is 16.8 Å². The summed E-state index contributed by atoms with van der Waals surface area (Å²) in [5.74, 6) is -0.0233. The molecule has 1 saturated carbocycles. The Balaban J connectivity index is 1.67. The molecule has 5 nitrogen and oxygen atoms in total. The monoisotopic (exact) mass is 400 g/mol. The summed E-state index contributed by atoms with van der Waals surface area (Å²) in [5, 5.41) is 11.7. The molecular weight excluding hydrogens is 372 g/mol. The molecule has 1 aromatic carbocycles. The van der Waals surface area contributed by atoms with E-state index in [9.17, 15) is 9.90 Å². The maximum atomic E-state index is 13.4. The van der Waals surface area contributed by atoms with E-state index in [0.717, 1.165) is 28.1 Å². The third-order valence-electron chi connectivity index (χ3n) is 6.00. The number of benzene rings is 1. The number of hydrogen-bond acceptors (Lipinski definition) is 6. The second kappa shape index (κ2) is 7.93. The normalized spacial score (nSPS) is 30.2. The molecule has 150 valence electrons. The van der Waals surface area contributed by atoms with Crippen molar-refractivity contribution in [3.8, 4) is 0 Å². The lowest BCUT2D eigenvalue weighted by Gasteiger charge is -2.46. The Bertz CT molecular complexity index is 858. The summed E-state index contributed by atoms with van der Waals surface area (Å²) in [4.78, 5) is 20.2. The zero-order valence-corrected chi connectivity index (χ0v) is 17.5. The minimum atomic E-state index is -0.436. The molecule has 0 amide bonds. The lowest BCUT2D eigenvalue weighted by molar-refractivity contribution is -0.140. The number of aromatic nitrogens is 1. The largest absolute Gasteiger partial charge is 0.496 e. The van der Waals surface area contributed by atoms with E-state index >= 15 is 0 Å². The van der Waals surface area contributed by atoms with Crippen molar-refractivity contribution in [1.29, 1.82) is 0 Å². The van der Waals surface area contributed by atoms with Crippen LogP contribution in [-0.2, 0) is 9.53 Å². The Morgan fingerprint density at radius 3 is 2.82 bits per heavy atom. The first-order valence-electron chi connectivity index (χ1n) is 10.1. The molecule has 1 fully saturated rings. The predicted molar refractivity (Wildman–Crippen MR) is 112 cm³/mol. The van der Waals surface area contributed by atoms with Crippen molar-refractivity contribution in [1.82, 2.24) is 9.88 Å². The Hall–Kier alpha value is -1.76. The van der Waals surface area contributed by atoms with Crippen molar-refractivity contribution >= 4 is 32.9 Å². The number of aliphatic hydroxyl groups excluding tert-OH is 1.